The van der Waals surface area contributed by atoms with Crippen molar-refractivity contribution in [2.45, 2.75) is 32.6 Å². The quantitative estimate of drug-likeness (QED) is 0.389. The van der Waals surface area contributed by atoms with Crippen LogP contribution in [0.1, 0.15) is 41.6 Å². The monoisotopic (exact) mass is 410 g/mol. The van der Waals surface area contributed by atoms with Gasteiger partial charge >= 0.3 is 0 Å². The van der Waals surface area contributed by atoms with E-state index in [1.54, 1.807) is 24.3 Å². The molecule has 1 saturated heterocycles. The molecule has 1 heterocycles. The molecule has 8 heteroatoms. The van der Waals surface area contributed by atoms with Crippen molar-refractivity contribution in [2.75, 3.05) is 30.3 Å². The third-order valence-corrected chi connectivity index (χ3v) is 5.22. The normalized spacial score (nSPS) is 13.2. The predicted molar refractivity (Wildman–Crippen MR) is 116 cm³/mol. The number of non-ortho nitro benzene ring substituents is 1. The van der Waals surface area contributed by atoms with Crippen LogP contribution in [0.3, 0.4) is 0 Å². The average molecular weight is 410 g/mol. The highest BCUT2D eigenvalue weighted by Gasteiger charge is 2.21. The Morgan fingerprint density at radius 1 is 1.10 bits per heavy atom. The van der Waals surface area contributed by atoms with Gasteiger partial charge in [0.2, 0.25) is 5.91 Å². The molecule has 3 rings (SSSR count). The van der Waals surface area contributed by atoms with E-state index in [-0.39, 0.29) is 17.5 Å². The molecule has 0 radical (unpaired) electrons. The first-order chi connectivity index (χ1) is 14.5. The van der Waals surface area contributed by atoms with E-state index in [0.717, 1.165) is 37.2 Å². The van der Waals surface area contributed by atoms with E-state index in [9.17, 15) is 19.7 Å². The third-order valence-electron chi connectivity index (χ3n) is 5.22. The number of benzene rings is 2. The Bertz CT molecular complexity index is 921. The van der Waals surface area contributed by atoms with Crippen molar-refractivity contribution in [3.8, 4) is 0 Å². The van der Waals surface area contributed by atoms with Gasteiger partial charge in [-0.2, -0.15) is 0 Å². The fourth-order valence-electron chi connectivity index (χ4n) is 3.49. The topological polar surface area (TPSA) is 105 Å². The van der Waals surface area contributed by atoms with Crippen LogP contribution in [0.5, 0.6) is 0 Å². The molecule has 2 aromatic carbocycles. The van der Waals surface area contributed by atoms with Gasteiger partial charge in [-0.15, -0.1) is 0 Å². The molecular weight excluding hydrogens is 384 g/mol. The lowest BCUT2D eigenvalue weighted by molar-refractivity contribution is -0.384. The van der Waals surface area contributed by atoms with Crippen molar-refractivity contribution in [1.29, 1.82) is 0 Å². The Hall–Kier alpha value is -3.42. The first kappa shape index (κ1) is 21.3. The number of anilines is 2. The van der Waals surface area contributed by atoms with Crippen LogP contribution in [-0.2, 0) is 4.79 Å². The molecule has 0 atom stereocenters. The standard InChI is InChI=1S/C22H26N4O4/c1-16-19(22(28)25-14-2-3-15-25)6-4-7-20(16)24-21(27)8-5-13-23-17-9-11-18(12-10-17)26(29)30/h4,6-7,9-12,23H,2-3,5,8,13-15H2,1H3,(H,24,27). The van der Waals surface area contributed by atoms with Gasteiger partial charge in [-0.05, 0) is 56.0 Å². The van der Waals surface area contributed by atoms with Crippen LogP contribution < -0.4 is 10.6 Å². The van der Waals surface area contributed by atoms with Crippen LogP contribution in [0, 0.1) is 17.0 Å². The molecule has 0 bridgehead atoms. The van der Waals surface area contributed by atoms with E-state index >= 15 is 0 Å². The molecule has 158 valence electrons. The second-order valence-electron chi connectivity index (χ2n) is 7.36. The summed E-state index contributed by atoms with van der Waals surface area (Å²) in [5.74, 6) is -0.0947. The summed E-state index contributed by atoms with van der Waals surface area (Å²) in [5.41, 5.74) is 2.89. The predicted octanol–water partition coefficient (Wildman–Crippen LogP) is 3.97. The second kappa shape index (κ2) is 9.87. The Kier molecular flexibility index (Phi) is 7.00. The molecule has 0 saturated carbocycles. The van der Waals surface area contributed by atoms with E-state index in [1.165, 1.54) is 12.1 Å². The zero-order valence-corrected chi connectivity index (χ0v) is 17.0. The lowest BCUT2D eigenvalue weighted by atomic mass is 10.1. The number of nitrogens with one attached hydrogen (secondary N) is 2. The summed E-state index contributed by atoms with van der Waals surface area (Å²) in [6, 6.07) is 11.6. The van der Waals surface area contributed by atoms with E-state index in [4.69, 9.17) is 0 Å². The Morgan fingerprint density at radius 3 is 2.47 bits per heavy atom. The summed E-state index contributed by atoms with van der Waals surface area (Å²) >= 11 is 0. The van der Waals surface area contributed by atoms with Crippen molar-refractivity contribution in [3.63, 3.8) is 0 Å². The largest absolute Gasteiger partial charge is 0.385 e. The van der Waals surface area contributed by atoms with Gasteiger partial charge in [-0.1, -0.05) is 6.07 Å². The third kappa shape index (κ3) is 5.34. The second-order valence-corrected chi connectivity index (χ2v) is 7.36. The van der Waals surface area contributed by atoms with Gasteiger partial charge < -0.3 is 15.5 Å². The highest BCUT2D eigenvalue weighted by molar-refractivity contribution is 5.99. The van der Waals surface area contributed by atoms with Gasteiger partial charge in [-0.3, -0.25) is 19.7 Å². The number of hydrogen-bond donors (Lipinski definition) is 2. The van der Waals surface area contributed by atoms with Crippen LogP contribution >= 0.6 is 0 Å². The molecule has 8 nitrogen and oxygen atoms in total. The summed E-state index contributed by atoms with van der Waals surface area (Å²) in [4.78, 5) is 37.1. The number of nitrogens with zero attached hydrogens (tertiary/aromatic N) is 2. The van der Waals surface area contributed by atoms with E-state index < -0.39 is 4.92 Å². The number of nitro benzene ring substituents is 1. The summed E-state index contributed by atoms with van der Waals surface area (Å²) in [6.45, 7) is 4.00. The van der Waals surface area contributed by atoms with Crippen LogP contribution in [-0.4, -0.2) is 41.3 Å². The van der Waals surface area contributed by atoms with Gasteiger partial charge in [0, 0.05) is 55.1 Å². The number of nitro groups is 1. The Morgan fingerprint density at radius 2 is 1.80 bits per heavy atom. The molecule has 30 heavy (non-hydrogen) atoms. The molecule has 1 fully saturated rings. The lowest BCUT2D eigenvalue weighted by Gasteiger charge is -2.18. The molecule has 0 unspecified atom stereocenters. The van der Waals surface area contributed by atoms with Crippen molar-refractivity contribution in [3.05, 3.63) is 63.7 Å². The van der Waals surface area contributed by atoms with Crippen LogP contribution in [0.15, 0.2) is 42.5 Å². The molecule has 2 N–H and O–H groups in total. The van der Waals surface area contributed by atoms with Crippen molar-refractivity contribution < 1.29 is 14.5 Å². The van der Waals surface area contributed by atoms with E-state index in [2.05, 4.69) is 10.6 Å². The summed E-state index contributed by atoms with van der Waals surface area (Å²) < 4.78 is 0. The number of likely N-dealkylation sites (tertiary alicyclic amines) is 1. The highest BCUT2D eigenvalue weighted by Crippen LogP contribution is 2.22. The Labute approximate surface area is 175 Å². The zero-order valence-electron chi connectivity index (χ0n) is 17.0. The fraction of sp³-hybridized carbons (Fsp3) is 0.364. The highest BCUT2D eigenvalue weighted by atomic mass is 16.6. The molecule has 0 aliphatic carbocycles. The van der Waals surface area contributed by atoms with Crippen molar-refractivity contribution in [1.82, 2.24) is 4.90 Å². The summed E-state index contributed by atoms with van der Waals surface area (Å²) in [5, 5.41) is 16.7. The number of rotatable bonds is 8. The fourth-order valence-corrected chi connectivity index (χ4v) is 3.49. The smallest absolute Gasteiger partial charge is 0.269 e. The molecule has 2 amide bonds. The minimum Gasteiger partial charge on any atom is -0.385 e. The molecule has 1 aliphatic heterocycles. The van der Waals surface area contributed by atoms with E-state index in [1.807, 2.05) is 17.9 Å². The van der Waals surface area contributed by atoms with Gasteiger partial charge in [0.05, 0.1) is 4.92 Å². The lowest BCUT2D eigenvalue weighted by Crippen LogP contribution is -2.28. The summed E-state index contributed by atoms with van der Waals surface area (Å²) in [6.07, 6.45) is 3.00. The van der Waals surface area contributed by atoms with Gasteiger partial charge in [0.1, 0.15) is 0 Å². The van der Waals surface area contributed by atoms with Gasteiger partial charge in [-0.25, -0.2) is 0 Å². The molecule has 1 aliphatic rings. The summed E-state index contributed by atoms with van der Waals surface area (Å²) in [7, 11) is 0. The van der Waals surface area contributed by atoms with Crippen molar-refractivity contribution in [2.24, 2.45) is 0 Å². The minimum absolute atomic E-state index is 0.0217. The van der Waals surface area contributed by atoms with Gasteiger partial charge in [0.25, 0.3) is 11.6 Å². The number of hydrogen-bond acceptors (Lipinski definition) is 5. The SMILES string of the molecule is Cc1c(NC(=O)CCCNc2ccc([N+](=O)[O-])cc2)cccc1C(=O)N1CCCC1. The molecular formula is C22H26N4O4. The first-order valence-corrected chi connectivity index (χ1v) is 10.1. The first-order valence-electron chi connectivity index (χ1n) is 10.1. The van der Waals surface area contributed by atoms with Gasteiger partial charge in [0.15, 0.2) is 0 Å². The number of carbonyl (C=O) groups is 2. The minimum atomic E-state index is -0.441. The molecule has 0 aromatic heterocycles. The maximum atomic E-state index is 12.7. The van der Waals surface area contributed by atoms with Crippen molar-refractivity contribution >= 4 is 28.9 Å². The maximum absolute atomic E-state index is 12.7. The van der Waals surface area contributed by atoms with Crippen LogP contribution in [0.25, 0.3) is 0 Å². The molecule has 0 spiro atoms. The number of carbonyl (C=O) groups excluding carboxylic acids is 2. The number of amides is 2. The van der Waals surface area contributed by atoms with E-state index in [0.29, 0.717) is 30.6 Å². The van der Waals surface area contributed by atoms with Crippen LogP contribution in [0.2, 0.25) is 0 Å². The van der Waals surface area contributed by atoms with Crippen LogP contribution in [0.4, 0.5) is 17.1 Å². The average Bonchev–Trinajstić information content (AvgIpc) is 3.27. The maximum Gasteiger partial charge on any atom is 0.269 e. The Balaban J connectivity index is 1.48. The molecule has 2 aromatic rings. The zero-order chi connectivity index (χ0) is 21.5.